The van der Waals surface area contributed by atoms with Gasteiger partial charge in [0.25, 0.3) is 0 Å². The summed E-state index contributed by atoms with van der Waals surface area (Å²) < 4.78 is 1.92. The molecule has 0 aliphatic heterocycles. The van der Waals surface area contributed by atoms with Crippen molar-refractivity contribution >= 4 is 17.7 Å². The highest BCUT2D eigenvalue weighted by Gasteiger charge is 2.54. The Labute approximate surface area is 115 Å². The number of rotatable bonds is 7. The lowest BCUT2D eigenvalue weighted by molar-refractivity contribution is -0.133. The van der Waals surface area contributed by atoms with Crippen molar-refractivity contribution in [2.24, 2.45) is 11.3 Å². The van der Waals surface area contributed by atoms with Gasteiger partial charge in [-0.1, -0.05) is 11.8 Å². The van der Waals surface area contributed by atoms with Crippen LogP contribution in [-0.2, 0) is 17.9 Å². The lowest BCUT2D eigenvalue weighted by Gasteiger charge is -2.17. The lowest BCUT2D eigenvalue weighted by atomic mass is 10.0. The van der Waals surface area contributed by atoms with E-state index in [4.69, 9.17) is 5.11 Å². The maximum Gasteiger partial charge on any atom is 0.313 e. The Kier molecular flexibility index (Phi) is 3.26. The molecule has 0 saturated heterocycles. The molecule has 7 heteroatoms. The Morgan fingerprint density at radius 2 is 2.16 bits per heavy atom. The summed E-state index contributed by atoms with van der Waals surface area (Å²) in [5, 5.41) is 26.6. The van der Waals surface area contributed by atoms with Crippen LogP contribution in [0.1, 0.15) is 31.5 Å². The van der Waals surface area contributed by atoms with E-state index < -0.39 is 5.97 Å². The van der Waals surface area contributed by atoms with E-state index in [0.29, 0.717) is 16.4 Å². The first-order valence-corrected chi connectivity index (χ1v) is 7.51. The van der Waals surface area contributed by atoms with Crippen LogP contribution in [0.3, 0.4) is 0 Å². The summed E-state index contributed by atoms with van der Waals surface area (Å²) in [5.41, 5.74) is 0.366. The molecule has 19 heavy (non-hydrogen) atoms. The van der Waals surface area contributed by atoms with Crippen molar-refractivity contribution in [2.75, 3.05) is 5.75 Å². The largest absolute Gasteiger partial charge is 0.481 e. The Hall–Kier alpha value is -1.08. The molecule has 1 heterocycles. The average Bonchev–Trinajstić information content (AvgIpc) is 3.24. The SMILES string of the molecule is O=C(O)CSc1nnc(CO)n1CC1(C2CC2)CC1. The highest BCUT2D eigenvalue weighted by Crippen LogP contribution is 2.62. The predicted molar refractivity (Wildman–Crippen MR) is 68.7 cm³/mol. The molecule has 6 nitrogen and oxygen atoms in total. The van der Waals surface area contributed by atoms with Gasteiger partial charge in [0.05, 0.1) is 5.75 Å². The van der Waals surface area contributed by atoms with Gasteiger partial charge >= 0.3 is 5.97 Å². The Morgan fingerprint density at radius 3 is 2.68 bits per heavy atom. The van der Waals surface area contributed by atoms with Crippen LogP contribution in [0.2, 0.25) is 0 Å². The standard InChI is InChI=1S/C12H17N3O3S/c16-5-9-13-14-11(19-6-10(17)18)15(9)7-12(3-4-12)8-1-2-8/h8,16H,1-7H2,(H,17,18). The topological polar surface area (TPSA) is 88.2 Å². The molecular weight excluding hydrogens is 266 g/mol. The minimum absolute atomic E-state index is 0.0278. The number of aliphatic hydroxyl groups is 1. The summed E-state index contributed by atoms with van der Waals surface area (Å²) in [6, 6.07) is 0. The van der Waals surface area contributed by atoms with E-state index in [1.807, 2.05) is 4.57 Å². The number of aliphatic carboxylic acids is 1. The molecule has 0 bridgehead atoms. The number of carboxylic acids is 1. The van der Waals surface area contributed by atoms with Gasteiger partial charge in [-0.2, -0.15) is 0 Å². The number of nitrogens with zero attached hydrogens (tertiary/aromatic N) is 3. The Bertz CT molecular complexity index is 494. The van der Waals surface area contributed by atoms with Crippen LogP contribution in [0.25, 0.3) is 0 Å². The van der Waals surface area contributed by atoms with Crippen molar-refractivity contribution in [3.63, 3.8) is 0 Å². The van der Waals surface area contributed by atoms with Crippen LogP contribution in [0, 0.1) is 11.3 Å². The second-order valence-corrected chi connectivity index (χ2v) is 6.40. The van der Waals surface area contributed by atoms with Crippen LogP contribution in [0.4, 0.5) is 0 Å². The summed E-state index contributed by atoms with van der Waals surface area (Å²) in [4.78, 5) is 10.6. The van der Waals surface area contributed by atoms with Gasteiger partial charge in [0.1, 0.15) is 6.61 Å². The molecule has 0 amide bonds. The molecule has 104 valence electrons. The van der Waals surface area contributed by atoms with Crippen LogP contribution in [0.15, 0.2) is 5.16 Å². The first kappa shape index (κ1) is 12.9. The molecule has 2 N–H and O–H groups in total. The van der Waals surface area contributed by atoms with Crippen molar-refractivity contribution < 1.29 is 15.0 Å². The molecule has 2 saturated carbocycles. The summed E-state index contributed by atoms with van der Waals surface area (Å²) >= 11 is 1.17. The first-order valence-electron chi connectivity index (χ1n) is 6.52. The van der Waals surface area contributed by atoms with E-state index in [1.165, 1.54) is 37.4 Å². The third kappa shape index (κ3) is 2.62. The average molecular weight is 283 g/mol. The molecule has 1 aromatic heterocycles. The number of thioether (sulfide) groups is 1. The second-order valence-electron chi connectivity index (χ2n) is 5.46. The van der Waals surface area contributed by atoms with Gasteiger partial charge in [0.15, 0.2) is 11.0 Å². The molecule has 0 spiro atoms. The second kappa shape index (κ2) is 4.79. The zero-order valence-corrected chi connectivity index (χ0v) is 11.4. The van der Waals surface area contributed by atoms with Crippen molar-refractivity contribution in [1.82, 2.24) is 14.8 Å². The van der Waals surface area contributed by atoms with Crippen molar-refractivity contribution in [1.29, 1.82) is 0 Å². The van der Waals surface area contributed by atoms with Crippen LogP contribution in [0.5, 0.6) is 0 Å². The monoisotopic (exact) mass is 283 g/mol. The van der Waals surface area contributed by atoms with E-state index in [9.17, 15) is 9.90 Å². The Morgan fingerprint density at radius 1 is 1.42 bits per heavy atom. The van der Waals surface area contributed by atoms with Crippen LogP contribution in [-0.4, -0.2) is 36.7 Å². The fourth-order valence-corrected chi connectivity index (χ4v) is 3.37. The van der Waals surface area contributed by atoms with Crippen molar-refractivity contribution in [3.05, 3.63) is 5.82 Å². The van der Waals surface area contributed by atoms with Crippen LogP contribution >= 0.6 is 11.8 Å². The molecule has 3 rings (SSSR count). The number of hydrogen-bond acceptors (Lipinski definition) is 5. The normalized spacial score (nSPS) is 20.5. The van der Waals surface area contributed by atoms with Gasteiger partial charge in [-0.3, -0.25) is 4.79 Å². The van der Waals surface area contributed by atoms with E-state index in [1.54, 1.807) is 0 Å². The van der Waals surface area contributed by atoms with Gasteiger partial charge in [0.2, 0.25) is 0 Å². The number of carboxylic acid groups (broad SMARTS) is 1. The molecular formula is C12H17N3O3S. The molecule has 0 radical (unpaired) electrons. The van der Waals surface area contributed by atoms with Gasteiger partial charge in [-0.15, -0.1) is 10.2 Å². The third-order valence-corrected chi connectivity index (χ3v) is 5.02. The van der Waals surface area contributed by atoms with Gasteiger partial charge < -0.3 is 14.8 Å². The van der Waals surface area contributed by atoms with Crippen molar-refractivity contribution in [2.45, 2.75) is 44.0 Å². The summed E-state index contributed by atoms with van der Waals surface area (Å²) in [6.45, 7) is 0.671. The van der Waals surface area contributed by atoms with Gasteiger partial charge in [0, 0.05) is 6.54 Å². The maximum atomic E-state index is 10.6. The third-order valence-electron chi connectivity index (χ3n) is 4.07. The van der Waals surface area contributed by atoms with Gasteiger partial charge in [-0.25, -0.2) is 0 Å². The number of hydrogen-bond donors (Lipinski definition) is 2. The Balaban J connectivity index is 1.77. The highest BCUT2D eigenvalue weighted by atomic mass is 32.2. The van der Waals surface area contributed by atoms with Gasteiger partial charge in [-0.05, 0) is 37.0 Å². The zero-order chi connectivity index (χ0) is 13.5. The van der Waals surface area contributed by atoms with Crippen LogP contribution < -0.4 is 0 Å². The molecule has 2 aliphatic carbocycles. The summed E-state index contributed by atoms with van der Waals surface area (Å²) in [7, 11) is 0. The smallest absolute Gasteiger partial charge is 0.313 e. The van der Waals surface area contributed by atoms with Crippen molar-refractivity contribution in [3.8, 4) is 0 Å². The minimum Gasteiger partial charge on any atom is -0.481 e. The molecule has 0 aromatic carbocycles. The lowest BCUT2D eigenvalue weighted by Crippen LogP contribution is -2.17. The predicted octanol–water partition coefficient (Wildman–Crippen LogP) is 1.14. The zero-order valence-electron chi connectivity index (χ0n) is 10.6. The molecule has 0 atom stereocenters. The fraction of sp³-hybridized carbons (Fsp3) is 0.750. The van der Waals surface area contributed by atoms with E-state index in [0.717, 1.165) is 12.5 Å². The fourth-order valence-electron chi connectivity index (χ4n) is 2.69. The quantitative estimate of drug-likeness (QED) is 0.729. The first-order chi connectivity index (χ1) is 9.14. The maximum absolute atomic E-state index is 10.6. The number of aromatic nitrogens is 3. The molecule has 2 aliphatic rings. The molecule has 2 fully saturated rings. The highest BCUT2D eigenvalue weighted by molar-refractivity contribution is 7.99. The number of carbonyl (C=O) groups is 1. The van der Waals surface area contributed by atoms with E-state index >= 15 is 0 Å². The molecule has 0 unspecified atom stereocenters. The molecule has 1 aromatic rings. The minimum atomic E-state index is -0.867. The number of aliphatic hydroxyl groups excluding tert-OH is 1. The van der Waals surface area contributed by atoms with E-state index in [2.05, 4.69) is 10.2 Å². The summed E-state index contributed by atoms with van der Waals surface area (Å²) in [5.74, 6) is 0.451. The van der Waals surface area contributed by atoms with E-state index in [-0.39, 0.29) is 12.4 Å². The summed E-state index contributed by atoms with van der Waals surface area (Å²) in [6.07, 6.45) is 5.05.